The van der Waals surface area contributed by atoms with Crippen molar-refractivity contribution in [2.45, 2.75) is 13.3 Å². The zero-order chi connectivity index (χ0) is 12.1. The second-order valence-electron chi connectivity index (χ2n) is 3.98. The van der Waals surface area contributed by atoms with Crippen molar-refractivity contribution in [2.24, 2.45) is 5.73 Å². The number of aromatic nitrogens is 1. The van der Waals surface area contributed by atoms with Gasteiger partial charge in [-0.1, -0.05) is 17.7 Å². The largest absolute Gasteiger partial charge is 0.456 e. The van der Waals surface area contributed by atoms with Gasteiger partial charge in [0, 0.05) is 6.20 Å². The van der Waals surface area contributed by atoms with Gasteiger partial charge in [0.2, 0.25) is 0 Å². The van der Waals surface area contributed by atoms with E-state index < -0.39 is 0 Å². The van der Waals surface area contributed by atoms with Gasteiger partial charge >= 0.3 is 0 Å². The predicted octanol–water partition coefficient (Wildman–Crippen LogP) is 2.68. The number of aryl methyl sites for hydroxylation is 1. The van der Waals surface area contributed by atoms with Gasteiger partial charge in [-0.15, -0.1) is 0 Å². The summed E-state index contributed by atoms with van der Waals surface area (Å²) in [5.74, 6) is 1.57. The number of pyridine rings is 1. The van der Waals surface area contributed by atoms with Gasteiger partial charge in [0.15, 0.2) is 0 Å². The third kappa shape index (κ3) is 3.29. The molecule has 3 nitrogen and oxygen atoms in total. The molecule has 0 aliphatic carbocycles. The van der Waals surface area contributed by atoms with E-state index in [0.29, 0.717) is 6.54 Å². The molecule has 2 rings (SSSR count). The van der Waals surface area contributed by atoms with E-state index in [2.05, 4.69) is 4.98 Å². The van der Waals surface area contributed by atoms with Crippen LogP contribution >= 0.6 is 0 Å². The third-order valence-electron chi connectivity index (χ3n) is 2.46. The van der Waals surface area contributed by atoms with E-state index in [4.69, 9.17) is 10.5 Å². The Bertz CT molecular complexity index is 480. The quantitative estimate of drug-likeness (QED) is 0.875. The summed E-state index contributed by atoms with van der Waals surface area (Å²) in [7, 11) is 0. The number of hydrogen-bond acceptors (Lipinski definition) is 3. The summed E-state index contributed by atoms with van der Waals surface area (Å²) >= 11 is 0. The fourth-order valence-electron chi connectivity index (χ4n) is 1.57. The second-order valence-corrected chi connectivity index (χ2v) is 3.98. The maximum Gasteiger partial charge on any atom is 0.145 e. The average Bonchev–Trinajstić information content (AvgIpc) is 2.33. The molecule has 0 radical (unpaired) electrons. The van der Waals surface area contributed by atoms with Gasteiger partial charge in [-0.3, -0.25) is 4.98 Å². The molecule has 3 heteroatoms. The Kier molecular flexibility index (Phi) is 3.73. The van der Waals surface area contributed by atoms with E-state index in [1.165, 1.54) is 5.56 Å². The van der Waals surface area contributed by atoms with Crippen LogP contribution in [0.2, 0.25) is 0 Å². The summed E-state index contributed by atoms with van der Waals surface area (Å²) in [6, 6.07) is 9.91. The normalized spacial score (nSPS) is 10.2. The van der Waals surface area contributed by atoms with Gasteiger partial charge in [-0.2, -0.15) is 0 Å². The van der Waals surface area contributed by atoms with Crippen molar-refractivity contribution in [3.8, 4) is 11.5 Å². The van der Waals surface area contributed by atoms with Crippen molar-refractivity contribution in [3.63, 3.8) is 0 Å². The first kappa shape index (κ1) is 11.6. The van der Waals surface area contributed by atoms with Crippen LogP contribution in [0.3, 0.4) is 0 Å². The summed E-state index contributed by atoms with van der Waals surface area (Å²) in [4.78, 5) is 4.14. The first-order valence-corrected chi connectivity index (χ1v) is 5.66. The standard InChI is InChI=1S/C14H16N2O/c1-11-2-4-13(5-3-11)17-14-8-12(6-7-15)9-16-10-14/h2-5,8-10H,6-7,15H2,1H3. The van der Waals surface area contributed by atoms with E-state index in [0.717, 1.165) is 23.5 Å². The molecule has 0 aliphatic heterocycles. The fraction of sp³-hybridized carbons (Fsp3) is 0.214. The Morgan fingerprint density at radius 1 is 1.12 bits per heavy atom. The molecule has 2 aromatic rings. The lowest BCUT2D eigenvalue weighted by molar-refractivity contribution is 0.479. The maximum absolute atomic E-state index is 5.72. The SMILES string of the molecule is Cc1ccc(Oc2cncc(CCN)c2)cc1. The molecule has 0 saturated heterocycles. The number of nitrogens with two attached hydrogens (primary N) is 1. The van der Waals surface area contributed by atoms with Gasteiger partial charge in [-0.25, -0.2) is 0 Å². The number of rotatable bonds is 4. The molecule has 1 aromatic carbocycles. The van der Waals surface area contributed by atoms with Gasteiger partial charge < -0.3 is 10.5 Å². The number of nitrogens with zero attached hydrogens (tertiary/aromatic N) is 1. The lowest BCUT2D eigenvalue weighted by Crippen LogP contribution is -2.03. The van der Waals surface area contributed by atoms with Crippen molar-refractivity contribution < 1.29 is 4.74 Å². The summed E-state index contributed by atoms with van der Waals surface area (Å²) < 4.78 is 5.72. The Balaban J connectivity index is 2.12. The Labute approximate surface area is 101 Å². The fourth-order valence-corrected chi connectivity index (χ4v) is 1.57. The monoisotopic (exact) mass is 228 g/mol. The zero-order valence-corrected chi connectivity index (χ0v) is 9.89. The lowest BCUT2D eigenvalue weighted by atomic mass is 10.2. The van der Waals surface area contributed by atoms with Crippen molar-refractivity contribution in [3.05, 3.63) is 53.9 Å². The molecular formula is C14H16N2O. The Hall–Kier alpha value is -1.87. The highest BCUT2D eigenvalue weighted by Gasteiger charge is 1.99. The third-order valence-corrected chi connectivity index (χ3v) is 2.46. The van der Waals surface area contributed by atoms with Gasteiger partial charge in [0.05, 0.1) is 6.20 Å². The van der Waals surface area contributed by atoms with Crippen LogP contribution in [0.25, 0.3) is 0 Å². The molecule has 2 N–H and O–H groups in total. The first-order valence-electron chi connectivity index (χ1n) is 5.66. The first-order chi connectivity index (χ1) is 8.28. The molecule has 0 bridgehead atoms. The molecule has 0 atom stereocenters. The van der Waals surface area contributed by atoms with E-state index in [-0.39, 0.29) is 0 Å². The number of hydrogen-bond donors (Lipinski definition) is 1. The maximum atomic E-state index is 5.72. The highest BCUT2D eigenvalue weighted by atomic mass is 16.5. The molecule has 1 aromatic heterocycles. The zero-order valence-electron chi connectivity index (χ0n) is 9.89. The number of benzene rings is 1. The molecular weight excluding hydrogens is 212 g/mol. The van der Waals surface area contributed by atoms with Crippen LogP contribution in [0.15, 0.2) is 42.7 Å². The molecule has 17 heavy (non-hydrogen) atoms. The summed E-state index contributed by atoms with van der Waals surface area (Å²) in [6.45, 7) is 2.67. The Morgan fingerprint density at radius 3 is 2.59 bits per heavy atom. The summed E-state index contributed by atoms with van der Waals surface area (Å²) in [5.41, 5.74) is 7.82. The molecule has 0 amide bonds. The summed E-state index contributed by atoms with van der Waals surface area (Å²) in [6.07, 6.45) is 4.34. The number of ether oxygens (including phenoxy) is 1. The molecule has 1 heterocycles. The van der Waals surface area contributed by atoms with E-state index >= 15 is 0 Å². The van der Waals surface area contributed by atoms with Crippen LogP contribution in [0.4, 0.5) is 0 Å². The molecule has 88 valence electrons. The molecule has 0 unspecified atom stereocenters. The van der Waals surface area contributed by atoms with E-state index in [9.17, 15) is 0 Å². The van der Waals surface area contributed by atoms with Crippen LogP contribution in [0.5, 0.6) is 11.5 Å². The highest BCUT2D eigenvalue weighted by Crippen LogP contribution is 2.21. The molecule has 0 saturated carbocycles. The molecule has 0 fully saturated rings. The molecule has 0 aliphatic rings. The van der Waals surface area contributed by atoms with Crippen LogP contribution in [-0.4, -0.2) is 11.5 Å². The predicted molar refractivity (Wildman–Crippen MR) is 68.2 cm³/mol. The van der Waals surface area contributed by atoms with Crippen molar-refractivity contribution in [1.82, 2.24) is 4.98 Å². The minimum Gasteiger partial charge on any atom is -0.456 e. The summed E-state index contributed by atoms with van der Waals surface area (Å²) in [5, 5.41) is 0. The average molecular weight is 228 g/mol. The van der Waals surface area contributed by atoms with Crippen LogP contribution in [0.1, 0.15) is 11.1 Å². The van der Waals surface area contributed by atoms with Crippen LogP contribution < -0.4 is 10.5 Å². The van der Waals surface area contributed by atoms with Crippen LogP contribution in [-0.2, 0) is 6.42 Å². The Morgan fingerprint density at radius 2 is 1.88 bits per heavy atom. The van der Waals surface area contributed by atoms with Crippen molar-refractivity contribution in [1.29, 1.82) is 0 Å². The highest BCUT2D eigenvalue weighted by molar-refractivity contribution is 5.33. The van der Waals surface area contributed by atoms with Crippen LogP contribution in [0, 0.1) is 6.92 Å². The lowest BCUT2D eigenvalue weighted by Gasteiger charge is -2.06. The van der Waals surface area contributed by atoms with E-state index in [1.807, 2.05) is 43.5 Å². The van der Waals surface area contributed by atoms with Gasteiger partial charge in [0.25, 0.3) is 0 Å². The second kappa shape index (κ2) is 5.46. The molecule has 0 spiro atoms. The van der Waals surface area contributed by atoms with Crippen molar-refractivity contribution >= 4 is 0 Å². The van der Waals surface area contributed by atoms with Gasteiger partial charge in [-0.05, 0) is 43.7 Å². The smallest absolute Gasteiger partial charge is 0.145 e. The van der Waals surface area contributed by atoms with Gasteiger partial charge in [0.1, 0.15) is 11.5 Å². The van der Waals surface area contributed by atoms with E-state index in [1.54, 1.807) is 6.20 Å². The topological polar surface area (TPSA) is 48.1 Å². The van der Waals surface area contributed by atoms with Crippen molar-refractivity contribution in [2.75, 3.05) is 6.54 Å². The minimum absolute atomic E-state index is 0.621. The minimum atomic E-state index is 0.621.